The zero-order valence-corrected chi connectivity index (χ0v) is 7.33. The maximum atomic E-state index is 8.19. The van der Waals surface area contributed by atoms with E-state index in [4.69, 9.17) is 10.00 Å². The van der Waals surface area contributed by atoms with Crippen LogP contribution in [-0.4, -0.2) is 13.7 Å². The molecule has 0 aromatic carbocycles. The van der Waals surface area contributed by atoms with Gasteiger partial charge >= 0.3 is 0 Å². The molecular weight excluding hydrogens is 202 g/mol. The molecule has 9 heavy (non-hydrogen) atoms. The second-order valence-electron chi connectivity index (χ2n) is 1.20. The van der Waals surface area contributed by atoms with E-state index in [9.17, 15) is 0 Å². The van der Waals surface area contributed by atoms with Gasteiger partial charge in [-0.05, 0) is 16.7 Å². The maximum Gasteiger partial charge on any atom is 0.138 e. The zero-order valence-electron chi connectivity index (χ0n) is 4.93. The summed E-state index contributed by atoms with van der Waals surface area (Å²) in [6.07, 6.45) is 0. The Morgan fingerprint density at radius 2 is 2.67 bits per heavy atom. The van der Waals surface area contributed by atoms with Gasteiger partial charge in [0.15, 0.2) is 0 Å². The Morgan fingerprint density at radius 1 is 2.00 bits per heavy atom. The molecule has 0 fully saturated rings. The molecule has 0 bridgehead atoms. The van der Waals surface area contributed by atoms with Gasteiger partial charge in [-0.15, -0.1) is 0 Å². The fourth-order valence-corrected chi connectivity index (χ4v) is 1.04. The molecule has 0 saturated carbocycles. The summed E-state index contributed by atoms with van der Waals surface area (Å²) in [6, 6.07) is 0. The van der Waals surface area contributed by atoms with Crippen LogP contribution in [0.4, 0.5) is 0 Å². The first-order valence-electron chi connectivity index (χ1n) is 2.19. The second kappa shape index (κ2) is 6.14. The van der Waals surface area contributed by atoms with Gasteiger partial charge in [-0.25, -0.2) is 0 Å². The molecule has 0 aromatic rings. The molecule has 0 heterocycles. The lowest BCUT2D eigenvalue weighted by molar-refractivity contribution is 0.232. The van der Waals surface area contributed by atoms with Crippen molar-refractivity contribution in [1.29, 1.82) is 5.26 Å². The van der Waals surface area contributed by atoms with Crippen LogP contribution >= 0.6 is 27.7 Å². The third-order valence-corrected chi connectivity index (χ3v) is 2.03. The maximum absolute atomic E-state index is 8.19. The fraction of sp³-hybridized carbons (Fsp3) is 0.400. The number of hydrogen-bond acceptors (Lipinski definition) is 3. The fourth-order valence-electron chi connectivity index (χ4n) is 0.284. The van der Waals surface area contributed by atoms with Gasteiger partial charge in [0.05, 0.1) is 6.61 Å². The summed E-state index contributed by atoms with van der Waals surface area (Å²) in [7, 11) is 1.59. The molecule has 0 unspecified atom stereocenters. The molecular formula is C5H6BrNOS. The Kier molecular flexibility index (Phi) is 6.16. The normalized spacial score (nSPS) is 11.0. The Hall–Kier alpha value is 0.0200. The number of methoxy groups -OCH3 is 1. The van der Waals surface area contributed by atoms with Gasteiger partial charge in [0.2, 0.25) is 0 Å². The molecule has 0 aromatic heterocycles. The van der Waals surface area contributed by atoms with Gasteiger partial charge in [-0.1, -0.05) is 15.9 Å². The molecule has 0 rings (SSSR count). The van der Waals surface area contributed by atoms with Gasteiger partial charge in [0.25, 0.3) is 0 Å². The first-order chi connectivity index (χ1) is 4.35. The summed E-state index contributed by atoms with van der Waals surface area (Å²) < 4.78 is 4.78. The van der Waals surface area contributed by atoms with Crippen molar-refractivity contribution in [1.82, 2.24) is 0 Å². The highest BCUT2D eigenvalue weighted by atomic mass is 79.9. The Balaban J connectivity index is 3.59. The van der Waals surface area contributed by atoms with Gasteiger partial charge in [0.1, 0.15) is 5.40 Å². The second-order valence-corrected chi connectivity index (χ2v) is 2.57. The zero-order chi connectivity index (χ0) is 7.11. The molecule has 0 radical (unpaired) electrons. The lowest BCUT2D eigenvalue weighted by Gasteiger charge is -1.95. The van der Waals surface area contributed by atoms with Crippen molar-refractivity contribution in [3.63, 3.8) is 0 Å². The minimum atomic E-state index is 0.490. The number of rotatable bonds is 3. The highest BCUT2D eigenvalue weighted by Gasteiger charge is 1.93. The molecule has 2 nitrogen and oxygen atoms in total. The van der Waals surface area contributed by atoms with E-state index in [2.05, 4.69) is 15.9 Å². The quantitative estimate of drug-likeness (QED) is 0.665. The predicted octanol–water partition coefficient (Wildman–Crippen LogP) is 2.08. The van der Waals surface area contributed by atoms with E-state index in [0.717, 1.165) is 16.7 Å². The molecule has 50 valence electrons. The van der Waals surface area contributed by atoms with Crippen LogP contribution in [0.1, 0.15) is 0 Å². The third-order valence-electron chi connectivity index (χ3n) is 0.585. The largest absolute Gasteiger partial charge is 0.379 e. The average molecular weight is 208 g/mol. The van der Waals surface area contributed by atoms with Crippen LogP contribution in [0.15, 0.2) is 9.89 Å². The first-order valence-corrected chi connectivity index (χ1v) is 3.92. The summed E-state index contributed by atoms with van der Waals surface area (Å²) in [6.45, 7) is 0.490. The van der Waals surface area contributed by atoms with E-state index in [1.54, 1.807) is 12.1 Å². The van der Waals surface area contributed by atoms with Crippen LogP contribution in [0.2, 0.25) is 0 Å². The molecule has 4 heteroatoms. The van der Waals surface area contributed by atoms with Crippen molar-refractivity contribution < 1.29 is 4.74 Å². The highest BCUT2D eigenvalue weighted by Crippen LogP contribution is 2.14. The number of thioether (sulfide) groups is 1. The summed E-state index contributed by atoms with van der Waals surface area (Å²) in [5.74, 6) is 0. The topological polar surface area (TPSA) is 33.0 Å². The van der Waals surface area contributed by atoms with E-state index in [0.29, 0.717) is 6.61 Å². The van der Waals surface area contributed by atoms with Gasteiger partial charge in [0, 0.05) is 12.0 Å². The Morgan fingerprint density at radius 3 is 3.00 bits per heavy atom. The van der Waals surface area contributed by atoms with Gasteiger partial charge < -0.3 is 4.74 Å². The number of thiocyanates is 1. The summed E-state index contributed by atoms with van der Waals surface area (Å²) >= 11 is 4.20. The van der Waals surface area contributed by atoms with Gasteiger partial charge in [-0.3, -0.25) is 0 Å². The highest BCUT2D eigenvalue weighted by molar-refractivity contribution is 9.11. The Labute approximate surface area is 67.0 Å². The van der Waals surface area contributed by atoms with Gasteiger partial charge in [-0.2, -0.15) is 5.26 Å². The molecule has 0 N–H and O–H groups in total. The van der Waals surface area contributed by atoms with E-state index in [1.807, 2.05) is 5.40 Å². The van der Waals surface area contributed by atoms with Crippen molar-refractivity contribution in [3.05, 3.63) is 9.89 Å². The van der Waals surface area contributed by atoms with E-state index in [-0.39, 0.29) is 0 Å². The molecule has 0 aliphatic heterocycles. The van der Waals surface area contributed by atoms with Crippen LogP contribution < -0.4 is 0 Å². The molecule has 0 saturated heterocycles. The number of nitriles is 1. The predicted molar refractivity (Wildman–Crippen MR) is 42.1 cm³/mol. The minimum Gasteiger partial charge on any atom is -0.379 e. The van der Waals surface area contributed by atoms with Crippen molar-refractivity contribution in [2.75, 3.05) is 13.7 Å². The Bertz CT molecular complexity index is 140. The number of nitrogens with zero attached hydrogens (tertiary/aromatic N) is 1. The SMILES string of the molecule is COCC(=CBr)SC#N. The van der Waals surface area contributed by atoms with Crippen LogP contribution in [0.25, 0.3) is 0 Å². The van der Waals surface area contributed by atoms with E-state index in [1.165, 1.54) is 0 Å². The smallest absolute Gasteiger partial charge is 0.138 e. The first kappa shape index (κ1) is 9.02. The molecule has 0 aliphatic rings. The van der Waals surface area contributed by atoms with Crippen LogP contribution in [0.3, 0.4) is 0 Å². The number of hydrogen-bond donors (Lipinski definition) is 0. The van der Waals surface area contributed by atoms with Crippen LogP contribution in [0, 0.1) is 10.7 Å². The number of halogens is 1. The standard InChI is InChI=1S/C5H6BrNOS/c1-8-3-5(2-6)9-4-7/h2H,3H2,1H3. The van der Waals surface area contributed by atoms with Crippen molar-refractivity contribution >= 4 is 27.7 Å². The van der Waals surface area contributed by atoms with Crippen LogP contribution in [-0.2, 0) is 4.74 Å². The summed E-state index contributed by atoms with van der Waals surface area (Å²) in [5.41, 5.74) is 0. The summed E-state index contributed by atoms with van der Waals surface area (Å²) in [4.78, 5) is 2.56. The monoisotopic (exact) mass is 207 g/mol. The van der Waals surface area contributed by atoms with E-state index < -0.39 is 0 Å². The van der Waals surface area contributed by atoms with Crippen molar-refractivity contribution in [2.24, 2.45) is 0 Å². The molecule has 0 amide bonds. The number of ether oxygens (including phenoxy) is 1. The van der Waals surface area contributed by atoms with Crippen molar-refractivity contribution in [2.45, 2.75) is 0 Å². The molecule has 0 aliphatic carbocycles. The van der Waals surface area contributed by atoms with Crippen molar-refractivity contribution in [3.8, 4) is 5.40 Å². The molecule has 0 spiro atoms. The molecule has 0 atom stereocenters. The van der Waals surface area contributed by atoms with E-state index >= 15 is 0 Å². The summed E-state index contributed by atoms with van der Waals surface area (Å²) in [5, 5.41) is 10.1. The lowest BCUT2D eigenvalue weighted by Crippen LogP contribution is -1.87. The third kappa shape index (κ3) is 4.52. The van der Waals surface area contributed by atoms with Crippen LogP contribution in [0.5, 0.6) is 0 Å². The average Bonchev–Trinajstić information content (AvgIpc) is 1.88. The minimum absolute atomic E-state index is 0.490. The lowest BCUT2D eigenvalue weighted by atomic mass is 10.7.